The molecule has 0 radical (unpaired) electrons. The maximum atomic E-state index is 11.8. The molecule has 6 heteroatoms. The van der Waals surface area contributed by atoms with E-state index >= 15 is 0 Å². The van der Waals surface area contributed by atoms with E-state index in [0.29, 0.717) is 10.0 Å². The first kappa shape index (κ1) is 14.2. The van der Waals surface area contributed by atoms with Crippen LogP contribution in [0.25, 0.3) is 0 Å². The molecule has 1 aromatic carbocycles. The quantitative estimate of drug-likeness (QED) is 0.869. The molecule has 0 aliphatic heterocycles. The van der Waals surface area contributed by atoms with Crippen molar-refractivity contribution in [3.63, 3.8) is 0 Å². The monoisotopic (exact) mass is 301 g/mol. The zero-order chi connectivity index (χ0) is 14.0. The second-order valence-corrected chi connectivity index (χ2v) is 5.25. The number of carbonyl (C=O) groups excluding carboxylic acids is 2. The molecule has 1 amide bonds. The molecule has 0 heterocycles. The van der Waals surface area contributed by atoms with Crippen LogP contribution in [0.4, 0.5) is 0 Å². The van der Waals surface area contributed by atoms with E-state index in [-0.39, 0.29) is 24.3 Å². The Morgan fingerprint density at radius 2 is 2.16 bits per heavy atom. The number of methoxy groups -OCH3 is 1. The largest absolute Gasteiger partial charge is 0.468 e. The first-order chi connectivity index (χ1) is 9.02. The number of rotatable bonds is 4. The molecule has 102 valence electrons. The van der Waals surface area contributed by atoms with Crippen LogP contribution in [0.15, 0.2) is 18.2 Å². The fraction of sp³-hybridized carbons (Fsp3) is 0.385. The van der Waals surface area contributed by atoms with Crippen molar-refractivity contribution in [2.75, 3.05) is 13.7 Å². The zero-order valence-electron chi connectivity index (χ0n) is 10.3. The van der Waals surface area contributed by atoms with Crippen molar-refractivity contribution in [1.29, 1.82) is 0 Å². The predicted molar refractivity (Wildman–Crippen MR) is 72.3 cm³/mol. The topological polar surface area (TPSA) is 55.4 Å². The number of amides is 1. The molecular weight excluding hydrogens is 289 g/mol. The molecule has 0 saturated heterocycles. The van der Waals surface area contributed by atoms with Crippen LogP contribution in [0.3, 0.4) is 0 Å². The van der Waals surface area contributed by atoms with Crippen LogP contribution in [0.5, 0.6) is 0 Å². The number of ether oxygens (including phenoxy) is 1. The van der Waals surface area contributed by atoms with Gasteiger partial charge in [0.25, 0.3) is 0 Å². The van der Waals surface area contributed by atoms with E-state index in [1.54, 1.807) is 12.1 Å². The Kier molecular flexibility index (Phi) is 4.32. The number of hydrogen-bond donors (Lipinski definition) is 1. The van der Waals surface area contributed by atoms with Crippen molar-refractivity contribution in [1.82, 2.24) is 5.32 Å². The maximum absolute atomic E-state index is 11.8. The van der Waals surface area contributed by atoms with Crippen LogP contribution in [0.2, 0.25) is 10.0 Å². The summed E-state index contributed by atoms with van der Waals surface area (Å²) in [4.78, 5) is 22.7. The maximum Gasteiger partial charge on any atom is 0.325 e. The van der Waals surface area contributed by atoms with E-state index in [1.807, 2.05) is 6.07 Å². The molecular formula is C13H13Cl2NO3. The summed E-state index contributed by atoms with van der Waals surface area (Å²) in [6.07, 6.45) is 0.731. The van der Waals surface area contributed by atoms with Gasteiger partial charge in [-0.15, -0.1) is 0 Å². The zero-order valence-corrected chi connectivity index (χ0v) is 11.8. The summed E-state index contributed by atoms with van der Waals surface area (Å²) in [5.41, 5.74) is 0.921. The number of benzene rings is 1. The van der Waals surface area contributed by atoms with E-state index in [1.165, 1.54) is 7.11 Å². The second-order valence-electron chi connectivity index (χ2n) is 4.41. The average Bonchev–Trinajstić information content (AvgIpc) is 3.15. The number of hydrogen-bond acceptors (Lipinski definition) is 3. The highest BCUT2D eigenvalue weighted by molar-refractivity contribution is 6.35. The fourth-order valence-electron chi connectivity index (χ4n) is 1.99. The standard InChI is InChI=1S/C13H13Cl2NO3/c1-19-12(17)6-16-13(18)10-5-9(10)8-3-2-7(14)4-11(8)15/h2-4,9-10H,5-6H2,1H3,(H,16,18)/t9-,10+/m0/s1. The Balaban J connectivity index is 1.93. The molecule has 1 saturated carbocycles. The molecule has 1 N–H and O–H groups in total. The second kappa shape index (κ2) is 5.80. The third-order valence-electron chi connectivity index (χ3n) is 3.12. The van der Waals surface area contributed by atoms with E-state index in [2.05, 4.69) is 10.1 Å². The highest BCUT2D eigenvalue weighted by Gasteiger charge is 2.44. The molecule has 1 aromatic rings. The van der Waals surface area contributed by atoms with Gasteiger partial charge < -0.3 is 10.1 Å². The molecule has 2 rings (SSSR count). The van der Waals surface area contributed by atoms with Gasteiger partial charge in [-0.25, -0.2) is 0 Å². The van der Waals surface area contributed by atoms with E-state index in [0.717, 1.165) is 12.0 Å². The summed E-state index contributed by atoms with van der Waals surface area (Å²) in [6.45, 7) is -0.104. The van der Waals surface area contributed by atoms with Gasteiger partial charge in [-0.1, -0.05) is 29.3 Å². The summed E-state index contributed by atoms with van der Waals surface area (Å²) < 4.78 is 4.46. The van der Waals surface area contributed by atoms with Gasteiger partial charge in [0.1, 0.15) is 6.54 Å². The lowest BCUT2D eigenvalue weighted by Crippen LogP contribution is -2.31. The minimum absolute atomic E-state index is 0.0995. The minimum atomic E-state index is -0.463. The molecule has 0 aromatic heterocycles. The number of nitrogens with one attached hydrogen (secondary N) is 1. The van der Waals surface area contributed by atoms with Crippen molar-refractivity contribution in [3.05, 3.63) is 33.8 Å². The predicted octanol–water partition coefficient (Wildman–Crippen LogP) is 2.39. The van der Waals surface area contributed by atoms with E-state index < -0.39 is 5.97 Å². The third kappa shape index (κ3) is 3.39. The lowest BCUT2D eigenvalue weighted by molar-refractivity contribution is -0.141. The Morgan fingerprint density at radius 3 is 2.79 bits per heavy atom. The molecule has 0 bridgehead atoms. The molecule has 4 nitrogen and oxygen atoms in total. The lowest BCUT2D eigenvalue weighted by Gasteiger charge is -2.05. The molecule has 0 unspecified atom stereocenters. The molecule has 2 atom stereocenters. The SMILES string of the molecule is COC(=O)CNC(=O)[C@@H]1C[C@H]1c1ccc(Cl)cc1Cl. The van der Waals surface area contributed by atoms with Crippen molar-refractivity contribution in [2.45, 2.75) is 12.3 Å². The van der Waals surface area contributed by atoms with Crippen LogP contribution >= 0.6 is 23.2 Å². The summed E-state index contributed by atoms with van der Waals surface area (Å²) in [7, 11) is 1.28. The summed E-state index contributed by atoms with van der Waals surface area (Å²) in [5, 5.41) is 3.68. The normalized spacial score (nSPS) is 20.8. The van der Waals surface area contributed by atoms with Gasteiger partial charge in [0, 0.05) is 16.0 Å². The van der Waals surface area contributed by atoms with E-state index in [9.17, 15) is 9.59 Å². The van der Waals surface area contributed by atoms with Crippen LogP contribution in [-0.2, 0) is 14.3 Å². The third-order valence-corrected chi connectivity index (χ3v) is 3.69. The van der Waals surface area contributed by atoms with Gasteiger partial charge in [-0.3, -0.25) is 9.59 Å². The highest BCUT2D eigenvalue weighted by Crippen LogP contribution is 2.49. The molecule has 1 aliphatic rings. The van der Waals surface area contributed by atoms with Gasteiger partial charge in [0.05, 0.1) is 7.11 Å². The van der Waals surface area contributed by atoms with Gasteiger partial charge in [0.2, 0.25) is 5.91 Å². The lowest BCUT2D eigenvalue weighted by atomic mass is 10.1. The summed E-state index contributed by atoms with van der Waals surface area (Å²) >= 11 is 11.9. The molecule has 0 spiro atoms. The highest BCUT2D eigenvalue weighted by atomic mass is 35.5. The fourth-order valence-corrected chi connectivity index (χ4v) is 2.54. The van der Waals surface area contributed by atoms with Crippen molar-refractivity contribution in [3.8, 4) is 0 Å². The smallest absolute Gasteiger partial charge is 0.325 e. The van der Waals surface area contributed by atoms with Gasteiger partial charge in [0.15, 0.2) is 0 Å². The molecule has 19 heavy (non-hydrogen) atoms. The number of halogens is 2. The first-order valence-electron chi connectivity index (χ1n) is 5.82. The Hall–Kier alpha value is -1.26. The summed E-state index contributed by atoms with van der Waals surface area (Å²) in [5.74, 6) is -0.651. The van der Waals surface area contributed by atoms with Crippen LogP contribution in [0.1, 0.15) is 17.9 Å². The van der Waals surface area contributed by atoms with Gasteiger partial charge >= 0.3 is 5.97 Å². The molecule has 1 aliphatic carbocycles. The number of esters is 1. The van der Waals surface area contributed by atoms with Crippen LogP contribution in [-0.4, -0.2) is 25.5 Å². The first-order valence-corrected chi connectivity index (χ1v) is 6.58. The summed E-state index contributed by atoms with van der Waals surface area (Å²) in [6, 6.07) is 5.26. The average molecular weight is 302 g/mol. The minimum Gasteiger partial charge on any atom is -0.468 e. The van der Waals surface area contributed by atoms with Crippen molar-refractivity contribution >= 4 is 35.1 Å². The Bertz CT molecular complexity index is 519. The Morgan fingerprint density at radius 1 is 1.42 bits per heavy atom. The van der Waals surface area contributed by atoms with Crippen LogP contribution in [0, 0.1) is 5.92 Å². The molecule has 1 fully saturated rings. The van der Waals surface area contributed by atoms with E-state index in [4.69, 9.17) is 23.2 Å². The number of carbonyl (C=O) groups is 2. The van der Waals surface area contributed by atoms with Crippen molar-refractivity contribution in [2.24, 2.45) is 5.92 Å². The van der Waals surface area contributed by atoms with Gasteiger partial charge in [-0.2, -0.15) is 0 Å². The van der Waals surface area contributed by atoms with Gasteiger partial charge in [-0.05, 0) is 30.0 Å². The van der Waals surface area contributed by atoms with Crippen LogP contribution < -0.4 is 5.32 Å². The van der Waals surface area contributed by atoms with Crippen molar-refractivity contribution < 1.29 is 14.3 Å². The Labute approximate surface area is 121 Å².